The van der Waals surface area contributed by atoms with Crippen molar-refractivity contribution in [1.29, 1.82) is 0 Å². The first-order chi connectivity index (χ1) is 7.60. The molecule has 0 spiro atoms. The molecular weight excluding hydrogens is 315 g/mol. The van der Waals surface area contributed by atoms with Gasteiger partial charge < -0.3 is 9.47 Å². The molecule has 0 fully saturated rings. The summed E-state index contributed by atoms with van der Waals surface area (Å²) >= 11 is 2.33. The van der Waals surface area contributed by atoms with E-state index in [1.807, 2.05) is 0 Å². The highest BCUT2D eigenvalue weighted by Crippen LogP contribution is 2.35. The third-order valence-electron chi connectivity index (χ3n) is 2.95. The molecule has 0 radical (unpaired) electrons. The van der Waals surface area contributed by atoms with Crippen LogP contribution in [0.2, 0.25) is 0 Å². The van der Waals surface area contributed by atoms with E-state index in [1.54, 1.807) is 0 Å². The maximum absolute atomic E-state index is 6.01. The zero-order valence-corrected chi connectivity index (χ0v) is 12.7. The fourth-order valence-corrected chi connectivity index (χ4v) is 2.21. The van der Waals surface area contributed by atoms with Crippen LogP contribution in [0, 0.1) is 5.41 Å². The SMILES string of the molecule is CCCCOC(CI)OC1C=CCC1(C)C. The fraction of sp³-hybridized carbons (Fsp3) is 0.846. The monoisotopic (exact) mass is 338 g/mol. The Labute approximate surface area is 113 Å². The van der Waals surface area contributed by atoms with E-state index in [1.165, 1.54) is 6.42 Å². The van der Waals surface area contributed by atoms with E-state index in [-0.39, 0.29) is 17.8 Å². The Kier molecular flexibility index (Phi) is 6.29. The quantitative estimate of drug-likeness (QED) is 0.230. The molecule has 0 aromatic carbocycles. The summed E-state index contributed by atoms with van der Waals surface area (Å²) in [6.07, 6.45) is 7.90. The highest BCUT2D eigenvalue weighted by atomic mass is 127. The zero-order valence-electron chi connectivity index (χ0n) is 10.5. The minimum atomic E-state index is -0.0563. The Morgan fingerprint density at radius 3 is 2.75 bits per heavy atom. The Morgan fingerprint density at radius 1 is 1.50 bits per heavy atom. The summed E-state index contributed by atoms with van der Waals surface area (Å²) in [4.78, 5) is 0. The lowest BCUT2D eigenvalue weighted by Crippen LogP contribution is -2.33. The van der Waals surface area contributed by atoms with E-state index in [2.05, 4.69) is 55.5 Å². The van der Waals surface area contributed by atoms with Gasteiger partial charge in [-0.2, -0.15) is 0 Å². The van der Waals surface area contributed by atoms with Gasteiger partial charge >= 0.3 is 0 Å². The van der Waals surface area contributed by atoms with Crippen LogP contribution in [0.3, 0.4) is 0 Å². The molecule has 16 heavy (non-hydrogen) atoms. The maximum Gasteiger partial charge on any atom is 0.167 e. The van der Waals surface area contributed by atoms with Gasteiger partial charge in [0, 0.05) is 6.61 Å². The molecule has 0 bridgehead atoms. The molecule has 0 aromatic heterocycles. The number of hydrogen-bond donors (Lipinski definition) is 0. The van der Waals surface area contributed by atoms with Crippen LogP contribution >= 0.6 is 22.6 Å². The van der Waals surface area contributed by atoms with Crippen LogP contribution in [0.15, 0.2) is 12.2 Å². The number of halogens is 1. The Hall–Kier alpha value is 0.390. The molecule has 1 aliphatic carbocycles. The van der Waals surface area contributed by atoms with Gasteiger partial charge in [0.05, 0.1) is 10.5 Å². The standard InChI is InChI=1S/C13H23IO2/c1-4-5-9-15-12(10-14)16-11-7-6-8-13(11,2)3/h6-7,11-12H,4-5,8-10H2,1-3H3. The van der Waals surface area contributed by atoms with Crippen LogP contribution in [-0.2, 0) is 9.47 Å². The van der Waals surface area contributed by atoms with Crippen LogP contribution < -0.4 is 0 Å². The molecule has 0 aliphatic heterocycles. The normalized spacial score (nSPS) is 24.9. The highest BCUT2D eigenvalue weighted by Gasteiger charge is 2.33. The molecule has 94 valence electrons. The van der Waals surface area contributed by atoms with Gasteiger partial charge in [-0.1, -0.05) is 61.9 Å². The van der Waals surface area contributed by atoms with Crippen molar-refractivity contribution in [2.24, 2.45) is 5.41 Å². The van der Waals surface area contributed by atoms with E-state index >= 15 is 0 Å². The second kappa shape index (κ2) is 6.97. The van der Waals surface area contributed by atoms with Crippen LogP contribution in [0.1, 0.15) is 40.0 Å². The van der Waals surface area contributed by atoms with E-state index in [4.69, 9.17) is 9.47 Å². The predicted molar refractivity (Wildman–Crippen MR) is 75.9 cm³/mol. The van der Waals surface area contributed by atoms with Crippen molar-refractivity contribution in [2.45, 2.75) is 52.4 Å². The summed E-state index contributed by atoms with van der Waals surface area (Å²) in [6.45, 7) is 7.47. The predicted octanol–water partition coefficient (Wildman–Crippen LogP) is 3.94. The van der Waals surface area contributed by atoms with E-state index in [9.17, 15) is 0 Å². The number of rotatable bonds is 7. The summed E-state index contributed by atoms with van der Waals surface area (Å²) in [6, 6.07) is 0. The average molecular weight is 338 g/mol. The highest BCUT2D eigenvalue weighted by molar-refractivity contribution is 14.1. The maximum atomic E-state index is 6.01. The lowest BCUT2D eigenvalue weighted by atomic mass is 9.88. The third kappa shape index (κ3) is 4.34. The topological polar surface area (TPSA) is 18.5 Å². The number of allylic oxidation sites excluding steroid dienone is 1. The van der Waals surface area contributed by atoms with Gasteiger partial charge in [0.15, 0.2) is 6.29 Å². The molecule has 0 aromatic rings. The van der Waals surface area contributed by atoms with Gasteiger partial charge in [0.25, 0.3) is 0 Å². The van der Waals surface area contributed by atoms with Crippen molar-refractivity contribution >= 4 is 22.6 Å². The van der Waals surface area contributed by atoms with Crippen LogP contribution in [-0.4, -0.2) is 23.4 Å². The first-order valence-corrected chi connectivity index (χ1v) is 7.62. The van der Waals surface area contributed by atoms with Crippen molar-refractivity contribution < 1.29 is 9.47 Å². The summed E-state index contributed by atoms with van der Waals surface area (Å²) in [5.41, 5.74) is 0.220. The minimum Gasteiger partial charge on any atom is -0.352 e. The van der Waals surface area contributed by atoms with Crippen molar-refractivity contribution in [3.05, 3.63) is 12.2 Å². The van der Waals surface area contributed by atoms with Gasteiger partial charge in [-0.15, -0.1) is 0 Å². The summed E-state index contributed by atoms with van der Waals surface area (Å²) in [5.74, 6) is 0. The summed E-state index contributed by atoms with van der Waals surface area (Å²) in [7, 11) is 0. The van der Waals surface area contributed by atoms with Gasteiger partial charge in [0.2, 0.25) is 0 Å². The molecule has 0 heterocycles. The molecule has 3 heteroatoms. The van der Waals surface area contributed by atoms with Crippen LogP contribution in [0.25, 0.3) is 0 Å². The van der Waals surface area contributed by atoms with Crippen LogP contribution in [0.4, 0.5) is 0 Å². The fourth-order valence-electron chi connectivity index (χ4n) is 1.74. The number of hydrogen-bond acceptors (Lipinski definition) is 2. The van der Waals surface area contributed by atoms with Crippen molar-refractivity contribution in [3.63, 3.8) is 0 Å². The molecule has 0 N–H and O–H groups in total. The second-order valence-corrected chi connectivity index (χ2v) is 5.87. The average Bonchev–Trinajstić information content (AvgIpc) is 2.57. The van der Waals surface area contributed by atoms with Crippen molar-refractivity contribution in [2.75, 3.05) is 11.0 Å². The van der Waals surface area contributed by atoms with Crippen molar-refractivity contribution in [3.8, 4) is 0 Å². The molecule has 0 saturated carbocycles. The zero-order chi connectivity index (χ0) is 12.0. The largest absolute Gasteiger partial charge is 0.352 e. The first-order valence-electron chi connectivity index (χ1n) is 6.10. The second-order valence-electron chi connectivity index (χ2n) is 4.99. The van der Waals surface area contributed by atoms with E-state index < -0.39 is 0 Å². The van der Waals surface area contributed by atoms with Gasteiger partial charge in [-0.05, 0) is 18.3 Å². The number of ether oxygens (including phenoxy) is 2. The summed E-state index contributed by atoms with van der Waals surface area (Å²) < 4.78 is 12.6. The molecule has 2 unspecified atom stereocenters. The molecule has 1 rings (SSSR count). The van der Waals surface area contributed by atoms with Gasteiger partial charge in [-0.3, -0.25) is 0 Å². The third-order valence-corrected chi connectivity index (χ3v) is 3.67. The van der Waals surface area contributed by atoms with Crippen LogP contribution in [0.5, 0.6) is 0 Å². The van der Waals surface area contributed by atoms with Gasteiger partial charge in [-0.25, -0.2) is 0 Å². The first kappa shape index (κ1) is 14.5. The molecule has 0 amide bonds. The Bertz CT molecular complexity index is 226. The number of alkyl halides is 1. The minimum absolute atomic E-state index is 0.0563. The van der Waals surface area contributed by atoms with Gasteiger partial charge in [0.1, 0.15) is 0 Å². The van der Waals surface area contributed by atoms with E-state index in [0.29, 0.717) is 0 Å². The lowest BCUT2D eigenvalue weighted by molar-refractivity contribution is -0.164. The molecular formula is C13H23IO2. The smallest absolute Gasteiger partial charge is 0.167 e. The molecule has 2 nitrogen and oxygen atoms in total. The summed E-state index contributed by atoms with van der Waals surface area (Å²) in [5, 5.41) is 0. The Morgan fingerprint density at radius 2 is 2.25 bits per heavy atom. The Balaban J connectivity index is 2.35. The molecule has 1 aliphatic rings. The van der Waals surface area contributed by atoms with E-state index in [0.717, 1.165) is 23.9 Å². The van der Waals surface area contributed by atoms with Crippen molar-refractivity contribution in [1.82, 2.24) is 0 Å². The lowest BCUT2D eigenvalue weighted by Gasteiger charge is -2.30. The molecule has 0 saturated heterocycles. The number of unbranched alkanes of at least 4 members (excludes halogenated alkanes) is 1. The molecule has 2 atom stereocenters.